The minimum absolute atomic E-state index is 0.0643. The van der Waals surface area contributed by atoms with Crippen molar-refractivity contribution < 1.29 is 4.79 Å². The van der Waals surface area contributed by atoms with Gasteiger partial charge < -0.3 is 5.32 Å². The molecule has 1 atom stereocenters. The van der Waals surface area contributed by atoms with Gasteiger partial charge in [0.2, 0.25) is 5.91 Å². The lowest BCUT2D eigenvalue weighted by Gasteiger charge is -2.17. The van der Waals surface area contributed by atoms with E-state index in [1.807, 2.05) is 24.3 Å². The fourth-order valence-corrected chi connectivity index (χ4v) is 3.45. The maximum atomic E-state index is 12.2. The molecule has 1 amide bonds. The number of nitrogens with one attached hydrogen (secondary N) is 1. The molecule has 0 radical (unpaired) electrons. The molecule has 0 aliphatic heterocycles. The summed E-state index contributed by atoms with van der Waals surface area (Å²) in [5.74, 6) is 1.25. The van der Waals surface area contributed by atoms with Gasteiger partial charge in [-0.1, -0.05) is 66.6 Å². The minimum atomic E-state index is 0.0643. The van der Waals surface area contributed by atoms with Crippen LogP contribution >= 0.6 is 23.4 Å². The van der Waals surface area contributed by atoms with Crippen LogP contribution in [0.4, 0.5) is 0 Å². The maximum Gasteiger partial charge on any atom is 0.230 e. The summed E-state index contributed by atoms with van der Waals surface area (Å²) >= 11 is 7.71. The molecular formula is C19H22ClNOS. The second-order valence-electron chi connectivity index (χ2n) is 5.52. The molecule has 23 heavy (non-hydrogen) atoms. The minimum Gasteiger partial charge on any atom is -0.349 e. The van der Waals surface area contributed by atoms with Crippen molar-refractivity contribution >= 4 is 29.3 Å². The third-order valence-electron chi connectivity index (χ3n) is 3.67. The van der Waals surface area contributed by atoms with Crippen molar-refractivity contribution in [3.05, 3.63) is 70.2 Å². The first-order valence-corrected chi connectivity index (χ1v) is 9.30. The zero-order valence-corrected chi connectivity index (χ0v) is 15.1. The lowest BCUT2D eigenvalue weighted by Crippen LogP contribution is -2.29. The van der Waals surface area contributed by atoms with Gasteiger partial charge in [-0.2, -0.15) is 0 Å². The molecule has 2 rings (SSSR count). The van der Waals surface area contributed by atoms with Crippen LogP contribution in [0.15, 0.2) is 48.5 Å². The number of hydrogen-bond acceptors (Lipinski definition) is 2. The molecule has 2 nitrogen and oxygen atoms in total. The van der Waals surface area contributed by atoms with E-state index in [0.717, 1.165) is 28.3 Å². The number of hydrogen-bond donors (Lipinski definition) is 1. The summed E-state index contributed by atoms with van der Waals surface area (Å²) in [4.78, 5) is 12.2. The van der Waals surface area contributed by atoms with Crippen LogP contribution in [0.1, 0.15) is 36.1 Å². The summed E-state index contributed by atoms with van der Waals surface area (Å²) in [5, 5.41) is 3.87. The van der Waals surface area contributed by atoms with Gasteiger partial charge in [0, 0.05) is 10.8 Å². The SMILES string of the molecule is CC[C@H](NC(=O)CSCc1ccccc1Cl)c1ccc(C)cc1. The number of amides is 1. The van der Waals surface area contributed by atoms with Gasteiger partial charge in [-0.15, -0.1) is 11.8 Å². The first-order chi connectivity index (χ1) is 11.1. The molecule has 0 aliphatic rings. The first kappa shape index (κ1) is 17.9. The van der Waals surface area contributed by atoms with Crippen molar-refractivity contribution in [2.75, 3.05) is 5.75 Å². The predicted octanol–water partition coefficient (Wildman–Crippen LogP) is 5.15. The fraction of sp³-hybridized carbons (Fsp3) is 0.316. The molecule has 4 heteroatoms. The van der Waals surface area contributed by atoms with E-state index in [0.29, 0.717) is 5.75 Å². The van der Waals surface area contributed by atoms with Crippen molar-refractivity contribution in [3.63, 3.8) is 0 Å². The van der Waals surface area contributed by atoms with Crippen molar-refractivity contribution in [3.8, 4) is 0 Å². The van der Waals surface area contributed by atoms with Crippen molar-refractivity contribution in [2.24, 2.45) is 0 Å². The molecule has 1 N–H and O–H groups in total. The molecule has 0 spiro atoms. The summed E-state index contributed by atoms with van der Waals surface area (Å²) in [6, 6.07) is 16.1. The van der Waals surface area contributed by atoms with E-state index in [2.05, 4.69) is 43.4 Å². The molecule has 0 heterocycles. The molecule has 122 valence electrons. The highest BCUT2D eigenvalue weighted by atomic mass is 35.5. The van der Waals surface area contributed by atoms with Gasteiger partial charge in [0.25, 0.3) is 0 Å². The van der Waals surface area contributed by atoms with Crippen LogP contribution in [0, 0.1) is 6.92 Å². The predicted molar refractivity (Wildman–Crippen MR) is 100.0 cm³/mol. The van der Waals surface area contributed by atoms with E-state index in [4.69, 9.17) is 11.6 Å². The second-order valence-corrected chi connectivity index (χ2v) is 6.92. The third-order valence-corrected chi connectivity index (χ3v) is 5.02. The van der Waals surface area contributed by atoms with Gasteiger partial charge in [-0.3, -0.25) is 4.79 Å². The Balaban J connectivity index is 1.83. The Hall–Kier alpha value is -1.45. The number of carbonyl (C=O) groups excluding carboxylic acids is 1. The molecule has 0 bridgehead atoms. The number of thioether (sulfide) groups is 1. The molecule has 0 fully saturated rings. The van der Waals surface area contributed by atoms with Gasteiger partial charge in [-0.05, 0) is 30.5 Å². The van der Waals surface area contributed by atoms with Gasteiger partial charge in [0.05, 0.1) is 11.8 Å². The van der Waals surface area contributed by atoms with Gasteiger partial charge >= 0.3 is 0 Å². The van der Waals surface area contributed by atoms with Crippen molar-refractivity contribution in [1.82, 2.24) is 5.32 Å². The zero-order chi connectivity index (χ0) is 16.7. The van der Waals surface area contributed by atoms with Gasteiger partial charge in [0.15, 0.2) is 0 Å². The van der Waals surface area contributed by atoms with Crippen molar-refractivity contribution in [2.45, 2.75) is 32.1 Å². The summed E-state index contributed by atoms with van der Waals surface area (Å²) in [6.45, 7) is 4.15. The van der Waals surface area contributed by atoms with Crippen LogP contribution < -0.4 is 5.32 Å². The Kier molecular flexibility index (Phi) is 7.00. The molecule has 0 aliphatic carbocycles. The molecule has 2 aromatic rings. The Morgan fingerprint density at radius 3 is 2.52 bits per heavy atom. The van der Waals surface area contributed by atoms with Crippen LogP contribution in [0.25, 0.3) is 0 Å². The van der Waals surface area contributed by atoms with Crippen LogP contribution in [-0.4, -0.2) is 11.7 Å². The van der Waals surface area contributed by atoms with Gasteiger partial charge in [0.1, 0.15) is 0 Å². The molecule has 0 unspecified atom stereocenters. The highest BCUT2D eigenvalue weighted by Crippen LogP contribution is 2.21. The van der Waals surface area contributed by atoms with Crippen LogP contribution in [0.2, 0.25) is 5.02 Å². The smallest absolute Gasteiger partial charge is 0.230 e. The largest absolute Gasteiger partial charge is 0.349 e. The van der Waals surface area contributed by atoms with E-state index in [1.165, 1.54) is 5.56 Å². The Morgan fingerprint density at radius 1 is 1.17 bits per heavy atom. The average Bonchev–Trinajstić information content (AvgIpc) is 2.55. The number of aryl methyl sites for hydroxylation is 1. The number of benzene rings is 2. The second kappa shape index (κ2) is 8.99. The lowest BCUT2D eigenvalue weighted by molar-refractivity contribution is -0.119. The quantitative estimate of drug-likeness (QED) is 0.750. The standard InChI is InChI=1S/C19H22ClNOS/c1-3-18(15-10-8-14(2)9-11-15)21-19(22)13-23-12-16-6-4-5-7-17(16)20/h4-11,18H,3,12-13H2,1-2H3,(H,21,22)/t18-/m0/s1. The number of rotatable bonds is 7. The molecular weight excluding hydrogens is 326 g/mol. The van der Waals surface area contributed by atoms with Crippen LogP contribution in [0.3, 0.4) is 0 Å². The number of halogens is 1. The molecule has 0 saturated heterocycles. The average molecular weight is 348 g/mol. The molecule has 0 aromatic heterocycles. The maximum absolute atomic E-state index is 12.2. The Labute approximate surface area is 147 Å². The summed E-state index contributed by atoms with van der Waals surface area (Å²) in [7, 11) is 0. The first-order valence-electron chi connectivity index (χ1n) is 7.77. The third kappa shape index (κ3) is 5.60. The summed E-state index contributed by atoms with van der Waals surface area (Å²) in [5.41, 5.74) is 3.45. The summed E-state index contributed by atoms with van der Waals surface area (Å²) in [6.07, 6.45) is 0.879. The number of carbonyl (C=O) groups is 1. The Bertz CT molecular complexity index is 642. The van der Waals surface area contributed by atoms with E-state index >= 15 is 0 Å². The van der Waals surface area contributed by atoms with E-state index in [-0.39, 0.29) is 11.9 Å². The molecule has 2 aromatic carbocycles. The van der Waals surface area contributed by atoms with Crippen LogP contribution in [0.5, 0.6) is 0 Å². The highest BCUT2D eigenvalue weighted by molar-refractivity contribution is 7.99. The fourth-order valence-electron chi connectivity index (χ4n) is 2.32. The van der Waals surface area contributed by atoms with Crippen molar-refractivity contribution in [1.29, 1.82) is 0 Å². The van der Waals surface area contributed by atoms with Crippen LogP contribution in [-0.2, 0) is 10.5 Å². The monoisotopic (exact) mass is 347 g/mol. The van der Waals surface area contributed by atoms with E-state index in [9.17, 15) is 4.79 Å². The highest BCUT2D eigenvalue weighted by Gasteiger charge is 2.12. The van der Waals surface area contributed by atoms with E-state index in [1.54, 1.807) is 11.8 Å². The van der Waals surface area contributed by atoms with Gasteiger partial charge in [-0.25, -0.2) is 0 Å². The topological polar surface area (TPSA) is 29.1 Å². The zero-order valence-electron chi connectivity index (χ0n) is 13.5. The normalized spacial score (nSPS) is 12.0. The lowest BCUT2D eigenvalue weighted by atomic mass is 10.0. The summed E-state index contributed by atoms with van der Waals surface area (Å²) < 4.78 is 0. The molecule has 0 saturated carbocycles. The van der Waals surface area contributed by atoms with E-state index < -0.39 is 0 Å². The Morgan fingerprint density at radius 2 is 1.87 bits per heavy atom.